The Morgan fingerprint density at radius 2 is 2.13 bits per heavy atom. The van der Waals surface area contributed by atoms with Crippen molar-refractivity contribution in [3.63, 3.8) is 0 Å². The summed E-state index contributed by atoms with van der Waals surface area (Å²) in [7, 11) is 1.54. The third-order valence-corrected chi connectivity index (χ3v) is 5.89. The van der Waals surface area contributed by atoms with E-state index in [0.717, 1.165) is 6.92 Å². The number of nitrogens with one attached hydrogen (secondary N) is 1. The molecule has 1 saturated carbocycles. The molecule has 2 aliphatic heterocycles. The van der Waals surface area contributed by atoms with Crippen molar-refractivity contribution in [2.75, 3.05) is 20.3 Å². The summed E-state index contributed by atoms with van der Waals surface area (Å²) < 4.78 is 61.0. The fourth-order valence-electron chi connectivity index (χ4n) is 4.46. The molecule has 3 aliphatic rings. The minimum Gasteiger partial charge on any atom is -0.388 e. The molecule has 0 bridgehead atoms. The molecule has 0 aromatic heterocycles. The van der Waals surface area contributed by atoms with Gasteiger partial charge in [0, 0.05) is 69.8 Å². The lowest BCUT2D eigenvalue weighted by Crippen LogP contribution is -2.49. The zero-order chi connectivity index (χ0) is 22.2. The predicted octanol–water partition coefficient (Wildman–Crippen LogP) is 3.52. The van der Waals surface area contributed by atoms with Crippen molar-refractivity contribution < 1.29 is 32.2 Å². The van der Waals surface area contributed by atoms with Gasteiger partial charge in [0.25, 0.3) is 11.8 Å². The molecule has 0 spiro atoms. The minimum absolute atomic E-state index is 0.143. The van der Waals surface area contributed by atoms with Crippen molar-refractivity contribution in [3.8, 4) is 0 Å². The van der Waals surface area contributed by atoms with Crippen LogP contribution in [0.25, 0.3) is 0 Å². The van der Waals surface area contributed by atoms with Gasteiger partial charge in [0.2, 0.25) is 5.91 Å². The summed E-state index contributed by atoms with van der Waals surface area (Å²) in [5.41, 5.74) is -1.67. The Balaban J connectivity index is 1.81. The van der Waals surface area contributed by atoms with Crippen LogP contribution in [0.3, 0.4) is 0 Å². The number of amides is 1. The number of carbonyl (C=O) groups is 1. The Bertz CT molecular complexity index is 773. The zero-order valence-electron chi connectivity index (χ0n) is 17.2. The standard InChI is InChI=1S/C21H28F4N2O3/c1-19(22,23)16-5-3-9-27-14(6-10-30-2)11-15(17(16)27)18(28)26-13-20(29)7-4-8-21(24,25)12-20/h3,5,9,14,29H,4,6-8,10-13H2,1-2H3,(H,26,28). The summed E-state index contributed by atoms with van der Waals surface area (Å²) in [5, 5.41) is 13.0. The summed E-state index contributed by atoms with van der Waals surface area (Å²) >= 11 is 0. The van der Waals surface area contributed by atoms with E-state index in [1.54, 1.807) is 11.1 Å². The average Bonchev–Trinajstić information content (AvgIpc) is 3.01. The predicted molar refractivity (Wildman–Crippen MR) is 103 cm³/mol. The van der Waals surface area contributed by atoms with E-state index in [4.69, 9.17) is 4.74 Å². The average molecular weight is 432 g/mol. The van der Waals surface area contributed by atoms with Gasteiger partial charge in [-0.2, -0.15) is 0 Å². The van der Waals surface area contributed by atoms with Gasteiger partial charge in [-0.25, -0.2) is 17.6 Å². The molecule has 3 rings (SSSR count). The van der Waals surface area contributed by atoms with E-state index in [-0.39, 0.29) is 55.1 Å². The van der Waals surface area contributed by atoms with Crippen molar-refractivity contribution in [1.82, 2.24) is 10.2 Å². The van der Waals surface area contributed by atoms with E-state index in [1.807, 2.05) is 0 Å². The second-order valence-electron chi connectivity index (χ2n) is 8.48. The fraction of sp³-hybridized carbons (Fsp3) is 0.667. The number of alkyl halides is 4. The van der Waals surface area contributed by atoms with Crippen LogP contribution in [0.4, 0.5) is 17.6 Å². The first-order valence-electron chi connectivity index (χ1n) is 10.1. The van der Waals surface area contributed by atoms with E-state index in [0.29, 0.717) is 13.0 Å². The summed E-state index contributed by atoms with van der Waals surface area (Å²) in [6, 6.07) is -0.231. The van der Waals surface area contributed by atoms with E-state index in [1.165, 1.54) is 19.3 Å². The molecule has 9 heteroatoms. The lowest BCUT2D eigenvalue weighted by molar-refractivity contribution is -0.131. The van der Waals surface area contributed by atoms with Gasteiger partial charge in [0.1, 0.15) is 0 Å². The Morgan fingerprint density at radius 3 is 2.77 bits per heavy atom. The molecule has 30 heavy (non-hydrogen) atoms. The second kappa shape index (κ2) is 8.34. The molecule has 2 heterocycles. The van der Waals surface area contributed by atoms with Gasteiger partial charge in [0.05, 0.1) is 11.3 Å². The van der Waals surface area contributed by atoms with Crippen molar-refractivity contribution in [2.45, 2.75) is 68.9 Å². The lowest BCUT2D eigenvalue weighted by atomic mass is 9.82. The van der Waals surface area contributed by atoms with Crippen LogP contribution in [0, 0.1) is 0 Å². The van der Waals surface area contributed by atoms with Crippen molar-refractivity contribution in [1.29, 1.82) is 0 Å². The summed E-state index contributed by atoms with van der Waals surface area (Å²) in [6.07, 6.45) is 4.49. The number of nitrogens with zero attached hydrogens (tertiary/aromatic N) is 1. The molecule has 0 aromatic carbocycles. The molecular weight excluding hydrogens is 404 g/mol. The van der Waals surface area contributed by atoms with Crippen LogP contribution >= 0.6 is 0 Å². The van der Waals surface area contributed by atoms with Gasteiger partial charge < -0.3 is 20.1 Å². The molecule has 2 N–H and O–H groups in total. The fourth-order valence-corrected chi connectivity index (χ4v) is 4.46. The normalized spacial score (nSPS) is 28.4. The van der Waals surface area contributed by atoms with Crippen LogP contribution in [0.1, 0.15) is 45.4 Å². The number of ether oxygens (including phenoxy) is 1. The largest absolute Gasteiger partial charge is 0.388 e. The molecular formula is C21H28F4N2O3. The number of aliphatic hydroxyl groups is 1. The maximum Gasteiger partial charge on any atom is 0.272 e. The van der Waals surface area contributed by atoms with Crippen molar-refractivity contribution in [2.24, 2.45) is 0 Å². The zero-order valence-corrected chi connectivity index (χ0v) is 17.2. The number of rotatable bonds is 7. The molecule has 5 nitrogen and oxygen atoms in total. The van der Waals surface area contributed by atoms with E-state index in [9.17, 15) is 27.5 Å². The molecule has 2 atom stereocenters. The first-order valence-corrected chi connectivity index (χ1v) is 10.1. The van der Waals surface area contributed by atoms with E-state index in [2.05, 4.69) is 5.32 Å². The van der Waals surface area contributed by atoms with E-state index >= 15 is 0 Å². The van der Waals surface area contributed by atoms with Crippen LogP contribution in [0.5, 0.6) is 0 Å². The van der Waals surface area contributed by atoms with Gasteiger partial charge in [-0.15, -0.1) is 0 Å². The first kappa shape index (κ1) is 22.8. The van der Waals surface area contributed by atoms with E-state index < -0.39 is 29.8 Å². The molecule has 0 radical (unpaired) electrons. The highest BCUT2D eigenvalue weighted by molar-refractivity contribution is 5.96. The lowest BCUT2D eigenvalue weighted by Gasteiger charge is -2.36. The second-order valence-corrected chi connectivity index (χ2v) is 8.48. The number of hydrogen-bond acceptors (Lipinski definition) is 4. The molecule has 168 valence electrons. The molecule has 1 fully saturated rings. The van der Waals surface area contributed by atoms with Crippen molar-refractivity contribution >= 4 is 5.91 Å². The summed E-state index contributed by atoms with van der Waals surface area (Å²) in [6.45, 7) is 0.819. The van der Waals surface area contributed by atoms with Crippen molar-refractivity contribution in [3.05, 3.63) is 35.2 Å². The van der Waals surface area contributed by atoms with Gasteiger partial charge >= 0.3 is 0 Å². The molecule has 0 saturated heterocycles. The third-order valence-electron chi connectivity index (χ3n) is 5.89. The number of carbonyl (C=O) groups excluding carboxylic acids is 1. The smallest absolute Gasteiger partial charge is 0.272 e. The Hall–Kier alpha value is -1.87. The minimum atomic E-state index is -3.16. The monoisotopic (exact) mass is 432 g/mol. The molecule has 1 amide bonds. The summed E-state index contributed by atoms with van der Waals surface area (Å²) in [4.78, 5) is 14.6. The molecule has 0 aromatic rings. The molecule has 1 aliphatic carbocycles. The highest BCUT2D eigenvalue weighted by Crippen LogP contribution is 2.43. The maximum absolute atomic E-state index is 14.2. The van der Waals surface area contributed by atoms with Crippen LogP contribution in [-0.4, -0.2) is 59.7 Å². The van der Waals surface area contributed by atoms with Gasteiger partial charge in [-0.1, -0.05) is 0 Å². The van der Waals surface area contributed by atoms with Gasteiger partial charge in [-0.3, -0.25) is 4.79 Å². The Morgan fingerprint density at radius 1 is 1.40 bits per heavy atom. The quantitative estimate of drug-likeness (QED) is 0.605. The highest BCUT2D eigenvalue weighted by Gasteiger charge is 2.46. The topological polar surface area (TPSA) is 61.8 Å². The number of allylic oxidation sites excluding steroid dienone is 3. The number of methoxy groups -OCH3 is 1. The van der Waals surface area contributed by atoms with Crippen LogP contribution in [0.2, 0.25) is 0 Å². The number of hydrogen-bond donors (Lipinski definition) is 2. The Kier molecular flexibility index (Phi) is 6.34. The van der Waals surface area contributed by atoms with Gasteiger partial charge in [0.15, 0.2) is 0 Å². The van der Waals surface area contributed by atoms with Crippen LogP contribution < -0.4 is 5.32 Å². The van der Waals surface area contributed by atoms with Crippen LogP contribution in [-0.2, 0) is 9.53 Å². The number of fused-ring (bicyclic) bond motifs is 1. The SMILES string of the molecule is COCCC1CC(C(=O)NCC2(O)CCCC(F)(F)C2)=C2C(C(C)(F)F)=CC=CN21. The number of halogens is 4. The first-order chi connectivity index (χ1) is 14.0. The summed E-state index contributed by atoms with van der Waals surface area (Å²) in [5.74, 6) is -6.77. The molecule has 2 unspecified atom stereocenters. The highest BCUT2D eigenvalue weighted by atomic mass is 19.3. The third kappa shape index (κ3) is 4.88. The maximum atomic E-state index is 14.2. The van der Waals surface area contributed by atoms with Crippen LogP contribution in [0.15, 0.2) is 35.2 Å². The van der Waals surface area contributed by atoms with Gasteiger partial charge in [-0.05, 0) is 31.4 Å². The Labute approximate surface area is 173 Å².